The maximum absolute atomic E-state index is 11.2. The summed E-state index contributed by atoms with van der Waals surface area (Å²) in [7, 11) is 1.74. The summed E-state index contributed by atoms with van der Waals surface area (Å²) in [4.78, 5) is 15.9. The molecule has 2 unspecified atom stereocenters. The average Bonchev–Trinajstić information content (AvgIpc) is 3.45. The van der Waals surface area contributed by atoms with Crippen molar-refractivity contribution in [3.63, 3.8) is 0 Å². The van der Waals surface area contributed by atoms with Crippen LogP contribution in [0.5, 0.6) is 5.75 Å². The molecule has 1 aliphatic carbocycles. The monoisotopic (exact) mass is 499 g/mol. The molecule has 0 fully saturated rings. The van der Waals surface area contributed by atoms with Crippen LogP contribution in [-0.2, 0) is 12.8 Å². The summed E-state index contributed by atoms with van der Waals surface area (Å²) >= 11 is 0. The fourth-order valence-electron chi connectivity index (χ4n) is 5.35. The molecule has 0 saturated carbocycles. The van der Waals surface area contributed by atoms with Gasteiger partial charge in [-0.25, -0.2) is 0 Å². The Morgan fingerprint density at radius 2 is 1.95 bits per heavy atom. The maximum Gasteiger partial charge on any atom is 0.150 e. The van der Waals surface area contributed by atoms with Gasteiger partial charge in [-0.05, 0) is 81.7 Å². The summed E-state index contributed by atoms with van der Waals surface area (Å²) in [5.74, 6) is 1.28. The molecule has 3 heteroatoms. The standard InChI is InChI=1S/C35H33NO2/c1-5-27-12-13-29(21-34(27)38-4)24(3)33-20-32(19-31-14-15-36-35(31)33)30-11-7-10-28(18-30)23(2)16-25-8-6-9-26(17-25)22-37/h6-15,17-22,24,31H,2,5,16H2,1,3-4H3. The first-order valence-corrected chi connectivity index (χ1v) is 13.2. The molecular weight excluding hydrogens is 466 g/mol. The van der Waals surface area contributed by atoms with Crippen molar-refractivity contribution in [2.24, 2.45) is 10.9 Å². The zero-order valence-corrected chi connectivity index (χ0v) is 22.3. The van der Waals surface area contributed by atoms with Crippen molar-refractivity contribution in [1.29, 1.82) is 0 Å². The summed E-state index contributed by atoms with van der Waals surface area (Å²) in [6, 6.07) is 22.9. The van der Waals surface area contributed by atoms with Crippen molar-refractivity contribution < 1.29 is 9.53 Å². The minimum Gasteiger partial charge on any atom is -0.496 e. The Hall–Kier alpha value is -4.24. The fraction of sp³-hybridized carbons (Fsp3) is 0.200. The number of rotatable bonds is 9. The van der Waals surface area contributed by atoms with Gasteiger partial charge in [0.25, 0.3) is 0 Å². The van der Waals surface area contributed by atoms with Crippen molar-refractivity contribution in [3.05, 3.63) is 137 Å². The third kappa shape index (κ3) is 5.10. The number of aryl methyl sites for hydroxylation is 1. The van der Waals surface area contributed by atoms with Crippen LogP contribution in [0.25, 0.3) is 11.1 Å². The van der Waals surface area contributed by atoms with Crippen molar-refractivity contribution in [2.45, 2.75) is 32.6 Å². The van der Waals surface area contributed by atoms with Crippen molar-refractivity contribution in [1.82, 2.24) is 0 Å². The Morgan fingerprint density at radius 1 is 1.11 bits per heavy atom. The number of hydrogen-bond acceptors (Lipinski definition) is 3. The lowest BCUT2D eigenvalue weighted by Crippen LogP contribution is -2.19. The molecule has 0 N–H and O–H groups in total. The van der Waals surface area contributed by atoms with Gasteiger partial charge >= 0.3 is 0 Å². The van der Waals surface area contributed by atoms with E-state index in [2.05, 4.69) is 81.1 Å². The Balaban J connectivity index is 1.45. The smallest absolute Gasteiger partial charge is 0.150 e. The molecule has 190 valence electrons. The lowest BCUT2D eigenvalue weighted by molar-refractivity contribution is 0.112. The number of allylic oxidation sites excluding steroid dienone is 6. The van der Waals surface area contributed by atoms with E-state index in [1.165, 1.54) is 22.3 Å². The number of carbonyl (C=O) groups excluding carboxylic acids is 1. The van der Waals surface area contributed by atoms with Gasteiger partial charge in [0.2, 0.25) is 0 Å². The van der Waals surface area contributed by atoms with E-state index in [1.807, 2.05) is 30.5 Å². The molecule has 3 aromatic carbocycles. The van der Waals surface area contributed by atoms with Gasteiger partial charge < -0.3 is 4.74 Å². The molecule has 0 saturated heterocycles. The molecule has 38 heavy (non-hydrogen) atoms. The van der Waals surface area contributed by atoms with Crippen LogP contribution >= 0.6 is 0 Å². The lowest BCUT2D eigenvalue weighted by Gasteiger charge is -2.25. The van der Waals surface area contributed by atoms with Gasteiger partial charge in [-0.1, -0.05) is 81.1 Å². The number of methoxy groups -OCH3 is 1. The number of aliphatic imine (C=N–C) groups is 1. The van der Waals surface area contributed by atoms with E-state index < -0.39 is 0 Å². The Morgan fingerprint density at radius 3 is 2.74 bits per heavy atom. The van der Waals surface area contributed by atoms with Gasteiger partial charge in [-0.2, -0.15) is 0 Å². The predicted molar refractivity (Wildman–Crippen MR) is 158 cm³/mol. The highest BCUT2D eigenvalue weighted by atomic mass is 16.5. The van der Waals surface area contributed by atoms with Crippen LogP contribution in [-0.4, -0.2) is 19.1 Å². The molecule has 3 nitrogen and oxygen atoms in total. The first-order valence-electron chi connectivity index (χ1n) is 13.2. The number of aldehydes is 1. The van der Waals surface area contributed by atoms with E-state index in [0.29, 0.717) is 12.0 Å². The summed E-state index contributed by atoms with van der Waals surface area (Å²) in [6.07, 6.45) is 11.2. The maximum atomic E-state index is 11.2. The minimum atomic E-state index is 0.169. The molecule has 2 atom stereocenters. The summed E-state index contributed by atoms with van der Waals surface area (Å²) in [5, 5.41) is 0. The van der Waals surface area contributed by atoms with Gasteiger partial charge in [-0.15, -0.1) is 0 Å². The van der Waals surface area contributed by atoms with Gasteiger partial charge in [0.1, 0.15) is 12.0 Å². The zero-order valence-electron chi connectivity index (χ0n) is 22.3. The second kappa shape index (κ2) is 11.0. The van der Waals surface area contributed by atoms with Crippen LogP contribution in [0.4, 0.5) is 0 Å². The molecule has 3 aromatic rings. The summed E-state index contributed by atoms with van der Waals surface area (Å²) in [6.45, 7) is 8.76. The van der Waals surface area contributed by atoms with Crippen LogP contribution < -0.4 is 4.74 Å². The third-order valence-electron chi connectivity index (χ3n) is 7.56. The minimum absolute atomic E-state index is 0.169. The largest absolute Gasteiger partial charge is 0.496 e. The third-order valence-corrected chi connectivity index (χ3v) is 7.56. The van der Waals surface area contributed by atoms with Gasteiger partial charge in [0.15, 0.2) is 0 Å². The number of nitrogens with zero attached hydrogens (tertiary/aromatic N) is 1. The van der Waals surface area contributed by atoms with Crippen LogP contribution in [0, 0.1) is 5.92 Å². The first-order chi connectivity index (χ1) is 18.5. The Labute approximate surface area is 225 Å². The number of carbonyl (C=O) groups is 1. The molecule has 1 heterocycles. The SMILES string of the molecule is C=C(Cc1cccc(C=O)c1)c1cccc(C2=CC3C=CN=C3C(C(C)c3ccc(CC)c(OC)c3)=C2)c1. The quantitative estimate of drug-likeness (QED) is 0.280. The van der Waals surface area contributed by atoms with E-state index in [9.17, 15) is 4.79 Å². The molecule has 0 spiro atoms. The van der Waals surface area contributed by atoms with E-state index in [0.717, 1.165) is 46.4 Å². The van der Waals surface area contributed by atoms with Crippen LogP contribution in [0.15, 0.2) is 108 Å². The molecule has 2 aliphatic rings. The van der Waals surface area contributed by atoms with Crippen molar-refractivity contribution >= 4 is 23.1 Å². The highest BCUT2D eigenvalue weighted by molar-refractivity contribution is 6.11. The van der Waals surface area contributed by atoms with E-state index in [-0.39, 0.29) is 11.8 Å². The predicted octanol–water partition coefficient (Wildman–Crippen LogP) is 8.04. The first kappa shape index (κ1) is 25.4. The molecular formula is C35H33NO2. The normalized spacial score (nSPS) is 16.7. The van der Waals surface area contributed by atoms with Crippen molar-refractivity contribution in [2.75, 3.05) is 7.11 Å². The highest BCUT2D eigenvalue weighted by Crippen LogP contribution is 2.39. The van der Waals surface area contributed by atoms with Gasteiger partial charge in [0, 0.05) is 23.6 Å². The zero-order chi connectivity index (χ0) is 26.6. The van der Waals surface area contributed by atoms with Crippen LogP contribution in [0.3, 0.4) is 0 Å². The molecule has 5 rings (SSSR count). The topological polar surface area (TPSA) is 38.7 Å². The second-order valence-electron chi connectivity index (χ2n) is 9.97. The highest BCUT2D eigenvalue weighted by Gasteiger charge is 2.28. The van der Waals surface area contributed by atoms with E-state index in [1.54, 1.807) is 7.11 Å². The average molecular weight is 500 g/mol. The van der Waals surface area contributed by atoms with Gasteiger partial charge in [0.05, 0.1) is 12.8 Å². The van der Waals surface area contributed by atoms with E-state index >= 15 is 0 Å². The summed E-state index contributed by atoms with van der Waals surface area (Å²) < 4.78 is 5.68. The van der Waals surface area contributed by atoms with E-state index in [4.69, 9.17) is 9.73 Å². The molecule has 1 aliphatic heterocycles. The van der Waals surface area contributed by atoms with Gasteiger partial charge in [-0.3, -0.25) is 9.79 Å². The molecule has 0 bridgehead atoms. The van der Waals surface area contributed by atoms with Crippen molar-refractivity contribution in [3.8, 4) is 5.75 Å². The summed E-state index contributed by atoms with van der Waals surface area (Å²) in [5.41, 5.74) is 11.0. The second-order valence-corrected chi connectivity index (χ2v) is 9.97. The molecule has 0 radical (unpaired) electrons. The lowest BCUT2D eigenvalue weighted by atomic mass is 9.79. The number of ether oxygens (including phenoxy) is 1. The number of benzene rings is 3. The number of hydrogen-bond donors (Lipinski definition) is 0. The molecule has 0 aromatic heterocycles. The fourth-order valence-corrected chi connectivity index (χ4v) is 5.35. The Kier molecular flexibility index (Phi) is 7.37. The Bertz CT molecular complexity index is 1520. The van der Waals surface area contributed by atoms with Crippen LogP contribution in [0.1, 0.15) is 57.9 Å². The number of fused-ring (bicyclic) bond motifs is 1. The van der Waals surface area contributed by atoms with Crippen LogP contribution in [0.2, 0.25) is 0 Å². The molecule has 0 amide bonds.